The molecule has 0 aliphatic heterocycles. The molecule has 2 atom stereocenters. The highest BCUT2D eigenvalue weighted by molar-refractivity contribution is 5.94. The fourth-order valence-corrected chi connectivity index (χ4v) is 3.61. The van der Waals surface area contributed by atoms with Crippen molar-refractivity contribution in [3.05, 3.63) is 41.7 Å². The average molecular weight is 437 g/mol. The van der Waals surface area contributed by atoms with Crippen molar-refractivity contribution in [2.24, 2.45) is 0 Å². The quantitative estimate of drug-likeness (QED) is 0.526. The number of benzene rings is 1. The number of aliphatic hydroxyl groups is 1. The number of halogens is 1. The Morgan fingerprint density at radius 2 is 2.10 bits per heavy atom. The first-order valence-corrected chi connectivity index (χ1v) is 10.8. The molecule has 2 rings (SSSR count). The van der Waals surface area contributed by atoms with Crippen LogP contribution in [0.25, 0.3) is 0 Å². The third-order valence-corrected chi connectivity index (χ3v) is 5.19. The second-order valence-corrected chi connectivity index (χ2v) is 7.54. The Kier molecular flexibility index (Phi) is 10.5. The third kappa shape index (κ3) is 7.63. The smallest absolute Gasteiger partial charge is 0.247 e. The predicted molar refractivity (Wildman–Crippen MR) is 115 cm³/mol. The number of para-hydroxylation sites is 1. The van der Waals surface area contributed by atoms with Crippen LogP contribution in [0.4, 0.5) is 4.39 Å². The second kappa shape index (κ2) is 13.1. The number of carbonyl (C=O) groups excluding carboxylic acids is 2. The van der Waals surface area contributed by atoms with Gasteiger partial charge in [-0.15, -0.1) is 0 Å². The van der Waals surface area contributed by atoms with E-state index in [2.05, 4.69) is 5.32 Å². The predicted octanol–water partition coefficient (Wildman–Crippen LogP) is 2.44. The van der Waals surface area contributed by atoms with E-state index in [4.69, 9.17) is 14.6 Å². The summed E-state index contributed by atoms with van der Waals surface area (Å²) in [5.74, 6) is -0.709. The molecule has 0 bridgehead atoms. The molecule has 0 saturated heterocycles. The zero-order valence-corrected chi connectivity index (χ0v) is 18.3. The summed E-state index contributed by atoms with van der Waals surface area (Å²) in [7, 11) is 1.58. The van der Waals surface area contributed by atoms with Crippen molar-refractivity contribution in [1.29, 1.82) is 0 Å². The Hall–Kier alpha value is -2.45. The molecule has 0 heterocycles. The van der Waals surface area contributed by atoms with Gasteiger partial charge in [0.25, 0.3) is 0 Å². The summed E-state index contributed by atoms with van der Waals surface area (Å²) in [5, 5.41) is 11.7. The lowest BCUT2D eigenvalue weighted by Crippen LogP contribution is -2.47. The van der Waals surface area contributed by atoms with E-state index in [1.54, 1.807) is 30.2 Å². The maximum Gasteiger partial charge on any atom is 0.247 e. The van der Waals surface area contributed by atoms with E-state index < -0.39 is 11.9 Å². The van der Waals surface area contributed by atoms with Crippen LogP contribution in [-0.2, 0) is 14.3 Å². The molecule has 172 valence electrons. The summed E-state index contributed by atoms with van der Waals surface area (Å²) in [6.07, 6.45) is 4.01. The van der Waals surface area contributed by atoms with Gasteiger partial charge in [-0.25, -0.2) is 4.39 Å². The van der Waals surface area contributed by atoms with Gasteiger partial charge in [0.15, 0.2) is 11.6 Å². The molecule has 1 aliphatic rings. The molecule has 1 aliphatic carbocycles. The first-order valence-electron chi connectivity index (χ1n) is 10.8. The topological polar surface area (TPSA) is 88.1 Å². The third-order valence-electron chi connectivity index (χ3n) is 5.19. The average Bonchev–Trinajstić information content (AvgIpc) is 2.77. The molecule has 7 nitrogen and oxygen atoms in total. The molecule has 1 aromatic carbocycles. The minimum absolute atomic E-state index is 0.00515. The molecule has 0 spiro atoms. The molecule has 0 aromatic heterocycles. The van der Waals surface area contributed by atoms with Crippen LogP contribution >= 0.6 is 0 Å². The van der Waals surface area contributed by atoms with Crippen LogP contribution in [-0.4, -0.2) is 67.4 Å². The lowest BCUT2D eigenvalue weighted by Gasteiger charge is -2.37. The van der Waals surface area contributed by atoms with Crippen LogP contribution in [0.2, 0.25) is 0 Å². The number of rotatable bonds is 12. The number of methoxy groups -OCH3 is 1. The van der Waals surface area contributed by atoms with Crippen LogP contribution in [0.3, 0.4) is 0 Å². The Morgan fingerprint density at radius 3 is 2.77 bits per heavy atom. The number of hydrogen-bond acceptors (Lipinski definition) is 5. The van der Waals surface area contributed by atoms with Crippen molar-refractivity contribution in [2.45, 2.75) is 51.2 Å². The van der Waals surface area contributed by atoms with E-state index in [-0.39, 0.29) is 36.8 Å². The fourth-order valence-electron chi connectivity index (χ4n) is 3.61. The van der Waals surface area contributed by atoms with E-state index in [0.29, 0.717) is 38.0 Å². The Bertz CT molecular complexity index is 755. The molecule has 0 saturated carbocycles. The van der Waals surface area contributed by atoms with Crippen LogP contribution in [0.15, 0.2) is 35.9 Å². The molecule has 2 N–H and O–H groups in total. The minimum atomic E-state index is -0.574. The fraction of sp³-hybridized carbons (Fsp3) is 0.565. The van der Waals surface area contributed by atoms with Crippen LogP contribution < -0.4 is 10.1 Å². The summed E-state index contributed by atoms with van der Waals surface area (Å²) in [6.45, 7) is 2.76. The van der Waals surface area contributed by atoms with Crippen molar-refractivity contribution < 1.29 is 28.6 Å². The van der Waals surface area contributed by atoms with Crippen LogP contribution in [0.5, 0.6) is 5.75 Å². The zero-order valence-electron chi connectivity index (χ0n) is 18.3. The van der Waals surface area contributed by atoms with E-state index in [1.165, 1.54) is 12.1 Å². The zero-order chi connectivity index (χ0) is 22.6. The summed E-state index contributed by atoms with van der Waals surface area (Å²) >= 11 is 0. The number of hydrogen-bond donors (Lipinski definition) is 2. The SMILES string of the molecule is CCCCC(=O)N(CCOC)[C@@H]1CC(C(=O)NCCO)=C[C@H](Oc2ccccc2F)C1. The number of unbranched alkanes of at least 4 members (excludes halogenated alkanes) is 1. The van der Waals surface area contributed by atoms with Gasteiger partial charge >= 0.3 is 0 Å². The number of nitrogens with zero attached hydrogens (tertiary/aromatic N) is 1. The van der Waals surface area contributed by atoms with Gasteiger partial charge in [0, 0.05) is 44.7 Å². The van der Waals surface area contributed by atoms with Gasteiger partial charge in [-0.2, -0.15) is 0 Å². The highest BCUT2D eigenvalue weighted by Crippen LogP contribution is 2.28. The van der Waals surface area contributed by atoms with Crippen molar-refractivity contribution in [3.63, 3.8) is 0 Å². The largest absolute Gasteiger partial charge is 0.483 e. The molecule has 0 unspecified atom stereocenters. The lowest BCUT2D eigenvalue weighted by molar-refractivity contribution is -0.135. The standard InChI is InChI=1S/C23H33FN2O5/c1-3-4-9-22(28)26(11-13-30-2)18-14-17(23(29)25-10-12-27)15-19(16-18)31-21-8-6-5-7-20(21)24/h5-8,15,18-19,27H,3-4,9-14,16H2,1-2H3,(H,25,29)/t18-,19+/m1/s1. The Labute approximate surface area is 183 Å². The number of aliphatic hydroxyl groups excluding tert-OH is 1. The van der Waals surface area contributed by atoms with Gasteiger partial charge in [0.1, 0.15) is 6.10 Å². The molecule has 0 radical (unpaired) electrons. The van der Waals surface area contributed by atoms with Crippen LogP contribution in [0, 0.1) is 5.82 Å². The van der Waals surface area contributed by atoms with E-state index in [9.17, 15) is 14.0 Å². The molecule has 8 heteroatoms. The first-order chi connectivity index (χ1) is 15.0. The van der Waals surface area contributed by atoms with Crippen molar-refractivity contribution in [3.8, 4) is 5.75 Å². The van der Waals surface area contributed by atoms with E-state index in [1.807, 2.05) is 6.92 Å². The summed E-state index contributed by atoms with van der Waals surface area (Å²) in [4.78, 5) is 27.2. The first kappa shape index (κ1) is 24.8. The maximum atomic E-state index is 14.1. The molecule has 1 aromatic rings. The summed E-state index contributed by atoms with van der Waals surface area (Å²) in [5.41, 5.74) is 0.455. The Morgan fingerprint density at radius 1 is 1.32 bits per heavy atom. The number of carbonyl (C=O) groups is 2. The monoisotopic (exact) mass is 436 g/mol. The van der Waals surface area contributed by atoms with Crippen molar-refractivity contribution >= 4 is 11.8 Å². The lowest BCUT2D eigenvalue weighted by atomic mass is 9.90. The van der Waals surface area contributed by atoms with Gasteiger partial charge in [-0.05, 0) is 31.1 Å². The molecule has 31 heavy (non-hydrogen) atoms. The minimum Gasteiger partial charge on any atom is -0.483 e. The van der Waals surface area contributed by atoms with Crippen molar-refractivity contribution in [1.82, 2.24) is 10.2 Å². The Balaban J connectivity index is 2.26. The van der Waals surface area contributed by atoms with Gasteiger partial charge in [0.05, 0.1) is 13.2 Å². The molecule has 0 fully saturated rings. The molecular formula is C23H33FN2O5. The normalized spacial score (nSPS) is 18.3. The number of amides is 2. The summed E-state index contributed by atoms with van der Waals surface area (Å²) in [6, 6.07) is 5.82. The maximum absolute atomic E-state index is 14.1. The van der Waals surface area contributed by atoms with Crippen LogP contribution in [0.1, 0.15) is 39.0 Å². The van der Waals surface area contributed by atoms with Gasteiger partial charge < -0.3 is 24.8 Å². The number of nitrogens with one attached hydrogen (secondary N) is 1. The number of ether oxygens (including phenoxy) is 2. The van der Waals surface area contributed by atoms with Gasteiger partial charge in [-0.3, -0.25) is 9.59 Å². The highest BCUT2D eigenvalue weighted by Gasteiger charge is 2.33. The highest BCUT2D eigenvalue weighted by atomic mass is 19.1. The van der Waals surface area contributed by atoms with Crippen molar-refractivity contribution in [2.75, 3.05) is 33.4 Å². The summed E-state index contributed by atoms with van der Waals surface area (Å²) < 4.78 is 25.2. The van der Waals surface area contributed by atoms with Gasteiger partial charge in [-0.1, -0.05) is 25.5 Å². The second-order valence-electron chi connectivity index (χ2n) is 7.54. The molecular weight excluding hydrogens is 403 g/mol. The van der Waals surface area contributed by atoms with Gasteiger partial charge in [0.2, 0.25) is 11.8 Å². The van der Waals surface area contributed by atoms with E-state index >= 15 is 0 Å². The van der Waals surface area contributed by atoms with E-state index in [0.717, 1.165) is 12.8 Å². The molecule has 2 amide bonds.